The summed E-state index contributed by atoms with van der Waals surface area (Å²) >= 11 is 0. The quantitative estimate of drug-likeness (QED) is 0.137. The molecule has 0 saturated carbocycles. The number of rotatable bonds is 10. The van der Waals surface area contributed by atoms with Gasteiger partial charge in [0.05, 0.1) is 39.1 Å². The van der Waals surface area contributed by atoms with Crippen molar-refractivity contribution < 1.29 is 18.4 Å². The van der Waals surface area contributed by atoms with Crippen molar-refractivity contribution in [3.8, 4) is 50.7 Å². The van der Waals surface area contributed by atoms with E-state index in [2.05, 4.69) is 123 Å². The summed E-state index contributed by atoms with van der Waals surface area (Å²) in [5.74, 6) is 1.51. The molecule has 398 valence electrons. The summed E-state index contributed by atoms with van der Waals surface area (Å²) in [5, 5.41) is 2.17. The Morgan fingerprint density at radius 3 is 1.97 bits per heavy atom. The van der Waals surface area contributed by atoms with Crippen LogP contribution in [0.25, 0.3) is 61.0 Å². The van der Waals surface area contributed by atoms with Gasteiger partial charge in [0.15, 0.2) is 0 Å². The molecule has 0 fully saturated rings. The largest absolute Gasteiger partial charge is 0.457 e. The van der Waals surface area contributed by atoms with E-state index in [9.17, 15) is 9.60 Å². The van der Waals surface area contributed by atoms with Crippen molar-refractivity contribution in [1.29, 1.82) is 0 Å². The number of hydrogen-bond acceptors (Lipinski definition) is 4. The molecule has 1 aliphatic carbocycles. The summed E-state index contributed by atoms with van der Waals surface area (Å²) in [4.78, 5) is 9.20. The van der Waals surface area contributed by atoms with Crippen LogP contribution in [0.4, 0.5) is 22.7 Å². The molecule has 5 heteroatoms. The van der Waals surface area contributed by atoms with Gasteiger partial charge in [-0.1, -0.05) is 186 Å². The van der Waals surface area contributed by atoms with E-state index < -0.39 is 54.0 Å². The summed E-state index contributed by atoms with van der Waals surface area (Å²) in [6.45, 7) is 24.9. The number of nitrogens with zero attached hydrogens (tertiary/aromatic N) is 4. The third-order valence-electron chi connectivity index (χ3n) is 16.1. The van der Waals surface area contributed by atoms with E-state index in [1.807, 2.05) is 86.8 Å². The SMILES string of the molecule is [2H]c1c([2H])c(-c2c([2H])c([2H])c(-c3cc(C([2H])([2H])C(C)C)cc(-c4ccc5c(c4)C(C)(C)CCC5(C)C)c3N3CN(c4cccc(Oc5ccc6c7ccccc7n(-c7cc(C(C)(C)C)ccn7)c6c5)c4)c4ccccc43)c([2H])c2[2H])c([2H])c(C(C)(C)C)c1[2H]. The second-order valence-corrected chi connectivity index (χ2v) is 25.3. The van der Waals surface area contributed by atoms with Crippen molar-refractivity contribution in [3.63, 3.8) is 0 Å². The van der Waals surface area contributed by atoms with Gasteiger partial charge in [-0.3, -0.25) is 4.57 Å². The summed E-state index contributed by atoms with van der Waals surface area (Å²) in [6.07, 6.45) is 1.87. The van der Waals surface area contributed by atoms with Crippen molar-refractivity contribution in [2.24, 2.45) is 5.92 Å². The minimum absolute atomic E-state index is 0.0850. The van der Waals surface area contributed by atoms with Crippen LogP contribution >= 0.6 is 0 Å². The molecule has 79 heavy (non-hydrogen) atoms. The highest BCUT2D eigenvalue weighted by Crippen LogP contribution is 2.53. The molecule has 0 atom stereocenters. The molecule has 0 unspecified atom stereocenters. The molecule has 5 nitrogen and oxygen atoms in total. The van der Waals surface area contributed by atoms with E-state index in [1.165, 1.54) is 16.7 Å². The van der Waals surface area contributed by atoms with Crippen LogP contribution in [-0.4, -0.2) is 16.2 Å². The number of fused-ring (bicyclic) bond motifs is 5. The van der Waals surface area contributed by atoms with Crippen LogP contribution in [0.1, 0.15) is 137 Å². The molecule has 0 bridgehead atoms. The van der Waals surface area contributed by atoms with Gasteiger partial charge in [-0.25, -0.2) is 4.98 Å². The number of hydrogen-bond donors (Lipinski definition) is 0. The Balaban J connectivity index is 1.05. The van der Waals surface area contributed by atoms with E-state index in [0.29, 0.717) is 28.3 Å². The van der Waals surface area contributed by atoms with Gasteiger partial charge >= 0.3 is 0 Å². The lowest BCUT2D eigenvalue weighted by atomic mass is 9.63. The monoisotopic (exact) mass is 1050 g/mol. The molecule has 12 rings (SSSR count). The molecular formula is C74H76N4O. The van der Waals surface area contributed by atoms with Crippen molar-refractivity contribution >= 4 is 44.6 Å². The zero-order chi connectivity index (χ0) is 63.9. The molecule has 3 heterocycles. The van der Waals surface area contributed by atoms with E-state index >= 15 is 0 Å². The van der Waals surface area contributed by atoms with Crippen LogP contribution in [0.15, 0.2) is 188 Å². The Morgan fingerprint density at radius 1 is 0.582 bits per heavy atom. The van der Waals surface area contributed by atoms with Gasteiger partial charge in [-0.15, -0.1) is 0 Å². The van der Waals surface area contributed by atoms with Crippen LogP contribution in [0.5, 0.6) is 11.5 Å². The lowest BCUT2D eigenvalue weighted by molar-refractivity contribution is 0.332. The van der Waals surface area contributed by atoms with E-state index in [-0.39, 0.29) is 62.8 Å². The van der Waals surface area contributed by atoms with Crippen LogP contribution < -0.4 is 14.5 Å². The first-order chi connectivity index (χ1) is 41.8. The van der Waals surface area contributed by atoms with Gasteiger partial charge in [0.25, 0.3) is 0 Å². The highest BCUT2D eigenvalue weighted by molar-refractivity contribution is 6.09. The Morgan fingerprint density at radius 2 is 1.24 bits per heavy atom. The molecule has 1 aliphatic heterocycles. The van der Waals surface area contributed by atoms with Gasteiger partial charge < -0.3 is 14.5 Å². The van der Waals surface area contributed by atoms with Crippen LogP contribution in [-0.2, 0) is 28.0 Å². The van der Waals surface area contributed by atoms with Gasteiger partial charge in [0.2, 0.25) is 0 Å². The zero-order valence-electron chi connectivity index (χ0n) is 57.7. The second-order valence-electron chi connectivity index (χ2n) is 25.3. The molecule has 10 aromatic rings. The van der Waals surface area contributed by atoms with E-state index in [4.69, 9.17) is 13.8 Å². The molecule has 2 aliphatic rings. The average Bonchev–Trinajstić information content (AvgIpc) is 1.63. The first-order valence-electron chi connectivity index (χ1n) is 32.8. The lowest BCUT2D eigenvalue weighted by Crippen LogP contribution is -2.33. The Hall–Kier alpha value is -7.89. The Labute approximate surface area is 483 Å². The third kappa shape index (κ3) is 9.70. The first-order valence-corrected chi connectivity index (χ1v) is 27.8. The topological polar surface area (TPSA) is 33.5 Å². The number of aromatic nitrogens is 2. The van der Waals surface area contributed by atoms with Gasteiger partial charge in [-0.05, 0) is 164 Å². The Kier molecular flexibility index (Phi) is 10.2. The first kappa shape index (κ1) is 41.2. The Bertz CT molecular complexity index is 4520. The number of para-hydroxylation sites is 3. The average molecular weight is 1050 g/mol. The van der Waals surface area contributed by atoms with E-state index in [0.717, 1.165) is 63.1 Å². The van der Waals surface area contributed by atoms with Crippen LogP contribution in [0, 0.1) is 5.92 Å². The fourth-order valence-corrected chi connectivity index (χ4v) is 11.7. The number of anilines is 4. The van der Waals surface area contributed by atoms with E-state index in [1.54, 1.807) is 26.8 Å². The summed E-state index contributed by atoms with van der Waals surface area (Å²) in [6, 6.07) is 41.3. The summed E-state index contributed by atoms with van der Waals surface area (Å²) in [5.41, 5.74) is 8.78. The molecule has 0 radical (unpaired) electrons. The predicted octanol–water partition coefficient (Wildman–Crippen LogP) is 20.4. The number of pyridine rings is 1. The fourth-order valence-electron chi connectivity index (χ4n) is 11.7. The fraction of sp³-hybridized carbons (Fsp3) is 0.284. The summed E-state index contributed by atoms with van der Waals surface area (Å²) in [7, 11) is 0. The van der Waals surface area contributed by atoms with Crippen molar-refractivity contribution in [2.75, 3.05) is 16.5 Å². The van der Waals surface area contributed by atoms with Crippen molar-refractivity contribution in [2.45, 2.75) is 124 Å². The second kappa shape index (κ2) is 19.5. The highest BCUT2D eigenvalue weighted by Gasteiger charge is 2.38. The normalized spacial score (nSPS) is 17.0. The molecule has 0 spiro atoms. The lowest BCUT2D eigenvalue weighted by Gasteiger charge is -2.42. The predicted molar refractivity (Wildman–Crippen MR) is 335 cm³/mol. The van der Waals surface area contributed by atoms with Crippen LogP contribution in [0.2, 0.25) is 0 Å². The number of benzene rings is 8. The highest BCUT2D eigenvalue weighted by atomic mass is 16.5. The zero-order valence-corrected chi connectivity index (χ0v) is 47.7. The summed E-state index contributed by atoms with van der Waals surface area (Å²) < 4.78 is 105. The molecule has 0 saturated heterocycles. The van der Waals surface area contributed by atoms with Crippen LogP contribution in [0.3, 0.4) is 0 Å². The minimum Gasteiger partial charge on any atom is -0.457 e. The van der Waals surface area contributed by atoms with Gasteiger partial charge in [-0.2, -0.15) is 0 Å². The van der Waals surface area contributed by atoms with Gasteiger partial charge in [0, 0.05) is 48.7 Å². The maximum Gasteiger partial charge on any atom is 0.137 e. The van der Waals surface area contributed by atoms with Gasteiger partial charge in [0.1, 0.15) is 24.0 Å². The smallest absolute Gasteiger partial charge is 0.137 e. The maximum absolute atomic E-state index is 10.1. The number of ether oxygens (including phenoxy) is 1. The molecular weight excluding hydrogens is 961 g/mol. The molecule has 2 aromatic heterocycles. The maximum atomic E-state index is 10.1. The molecule has 8 aromatic carbocycles. The standard InChI is InChI=1S/C74H76N4O/c1-48(2)39-49-40-61(51-29-27-50(28-30-51)52-19-17-20-54(42-52)71(3,4)5)70(62(41-49)53-31-34-63-64(43-53)74(11,12)37-36-73(63,9)10)77-47-76(66-25-15-16-26-67(66)77)56-21-18-22-57(45-56)79-58-32-33-60-59-23-13-14-24-65(59)78(68(60)46-58)69-44-55(35-38-75-69)72(6,7)8/h13-35,38,40-46,48H,36-37,39,47H2,1-12H3/i17D,19D,20D,27D,28D,29D,30D,39D2,42D. The molecule has 0 amide bonds. The third-order valence-corrected chi connectivity index (χ3v) is 16.1. The molecule has 0 N–H and O–H groups in total. The minimum atomic E-state index is -1.95. The van der Waals surface area contributed by atoms with Crippen molar-refractivity contribution in [3.05, 3.63) is 216 Å². The van der Waals surface area contributed by atoms with Crippen molar-refractivity contribution in [1.82, 2.24) is 9.55 Å².